The van der Waals surface area contributed by atoms with Gasteiger partial charge in [-0.25, -0.2) is 0 Å². The van der Waals surface area contributed by atoms with Gasteiger partial charge in [0.05, 0.1) is 6.54 Å². The Morgan fingerprint density at radius 1 is 1.50 bits per heavy atom. The molecule has 0 aliphatic heterocycles. The number of aliphatic imine (C=N–C) groups is 1. The van der Waals surface area contributed by atoms with Crippen molar-refractivity contribution in [2.75, 3.05) is 6.54 Å². The molecule has 58 valence electrons. The van der Waals surface area contributed by atoms with E-state index >= 15 is 0 Å². The maximum absolute atomic E-state index is 3.86. The van der Waals surface area contributed by atoms with Gasteiger partial charge in [0, 0.05) is 0 Å². The van der Waals surface area contributed by atoms with Gasteiger partial charge in [-0.15, -0.1) is 0 Å². The smallest absolute Gasteiger partial charge is 0.0597 e. The Labute approximate surface area is 63.9 Å². The first-order valence-electron chi connectivity index (χ1n) is 3.60. The minimum Gasteiger partial charge on any atom is -0.297 e. The lowest BCUT2D eigenvalue weighted by atomic mass is 9.86. The standard InChI is InChI=1S/C9H17N/c1-6-8(7-10-5)9(2,3)4/h6H,5,7H2,1-4H3/b8-6-. The molecule has 0 saturated carbocycles. The first-order chi connectivity index (χ1) is 4.52. The van der Waals surface area contributed by atoms with E-state index in [1.54, 1.807) is 0 Å². The third-order valence-corrected chi connectivity index (χ3v) is 1.59. The molecule has 0 fully saturated rings. The minimum atomic E-state index is 0.246. The largest absolute Gasteiger partial charge is 0.297 e. The molecule has 0 atom stereocenters. The molecule has 0 aromatic rings. The average molecular weight is 139 g/mol. The molecule has 0 bridgehead atoms. The maximum atomic E-state index is 3.86. The van der Waals surface area contributed by atoms with Gasteiger partial charge in [0.25, 0.3) is 0 Å². The molecule has 0 rings (SSSR count). The van der Waals surface area contributed by atoms with Crippen LogP contribution < -0.4 is 0 Å². The van der Waals surface area contributed by atoms with Crippen molar-refractivity contribution in [2.24, 2.45) is 10.4 Å². The molecule has 0 radical (unpaired) electrons. The highest BCUT2D eigenvalue weighted by Gasteiger charge is 2.14. The summed E-state index contributed by atoms with van der Waals surface area (Å²) in [6, 6.07) is 0. The van der Waals surface area contributed by atoms with Crippen LogP contribution in [-0.2, 0) is 0 Å². The predicted molar refractivity (Wildman–Crippen MR) is 47.6 cm³/mol. The quantitative estimate of drug-likeness (QED) is 0.412. The van der Waals surface area contributed by atoms with E-state index < -0.39 is 0 Å². The first kappa shape index (κ1) is 9.41. The van der Waals surface area contributed by atoms with Crippen LogP contribution in [0, 0.1) is 5.41 Å². The summed E-state index contributed by atoms with van der Waals surface area (Å²) in [4.78, 5) is 3.86. The minimum absolute atomic E-state index is 0.246. The van der Waals surface area contributed by atoms with E-state index in [9.17, 15) is 0 Å². The molecule has 0 amide bonds. The van der Waals surface area contributed by atoms with Crippen LogP contribution in [0.3, 0.4) is 0 Å². The zero-order chi connectivity index (χ0) is 8.20. The van der Waals surface area contributed by atoms with Gasteiger partial charge in [-0.2, -0.15) is 0 Å². The Bertz CT molecular complexity index is 137. The molecule has 0 aromatic heterocycles. The Morgan fingerprint density at radius 2 is 2.00 bits per heavy atom. The molecule has 0 unspecified atom stereocenters. The highest BCUT2D eigenvalue weighted by Crippen LogP contribution is 2.24. The van der Waals surface area contributed by atoms with Crippen LogP contribution in [0.15, 0.2) is 16.6 Å². The summed E-state index contributed by atoms with van der Waals surface area (Å²) in [5.41, 5.74) is 1.60. The van der Waals surface area contributed by atoms with Gasteiger partial charge in [0.2, 0.25) is 0 Å². The lowest BCUT2D eigenvalue weighted by molar-refractivity contribution is 0.495. The van der Waals surface area contributed by atoms with Crippen molar-refractivity contribution in [2.45, 2.75) is 27.7 Å². The van der Waals surface area contributed by atoms with Crippen molar-refractivity contribution in [1.82, 2.24) is 0 Å². The van der Waals surface area contributed by atoms with Crippen LogP contribution in [0.4, 0.5) is 0 Å². The SMILES string of the molecule is C=NC/C(=C/C)C(C)(C)C. The maximum Gasteiger partial charge on any atom is 0.0597 e. The zero-order valence-corrected chi connectivity index (χ0v) is 7.44. The van der Waals surface area contributed by atoms with Crippen LogP contribution in [0.25, 0.3) is 0 Å². The molecule has 0 spiro atoms. The Kier molecular flexibility index (Phi) is 3.34. The van der Waals surface area contributed by atoms with Gasteiger partial charge >= 0.3 is 0 Å². The summed E-state index contributed by atoms with van der Waals surface area (Å²) in [7, 11) is 0. The van der Waals surface area contributed by atoms with E-state index in [1.165, 1.54) is 5.57 Å². The fourth-order valence-corrected chi connectivity index (χ4v) is 0.882. The second-order valence-corrected chi connectivity index (χ2v) is 3.45. The molecule has 0 aliphatic rings. The van der Waals surface area contributed by atoms with Crippen LogP contribution in [0.2, 0.25) is 0 Å². The molecule has 0 aromatic carbocycles. The van der Waals surface area contributed by atoms with E-state index in [0.717, 1.165) is 6.54 Å². The Balaban J connectivity index is 4.23. The predicted octanol–water partition coefficient (Wildman–Crippen LogP) is 2.68. The fourth-order valence-electron chi connectivity index (χ4n) is 0.882. The van der Waals surface area contributed by atoms with Crippen LogP contribution >= 0.6 is 0 Å². The van der Waals surface area contributed by atoms with Crippen molar-refractivity contribution < 1.29 is 0 Å². The van der Waals surface area contributed by atoms with Crippen molar-refractivity contribution in [3.63, 3.8) is 0 Å². The summed E-state index contributed by atoms with van der Waals surface area (Å²) in [5.74, 6) is 0. The summed E-state index contributed by atoms with van der Waals surface area (Å²) in [6.45, 7) is 12.8. The van der Waals surface area contributed by atoms with Crippen molar-refractivity contribution >= 4 is 6.72 Å². The van der Waals surface area contributed by atoms with Gasteiger partial charge in [0.15, 0.2) is 0 Å². The van der Waals surface area contributed by atoms with Gasteiger partial charge in [-0.3, -0.25) is 4.99 Å². The molecule has 0 aliphatic carbocycles. The third-order valence-electron chi connectivity index (χ3n) is 1.59. The Morgan fingerprint density at radius 3 is 2.10 bits per heavy atom. The van der Waals surface area contributed by atoms with E-state index in [0.29, 0.717) is 0 Å². The van der Waals surface area contributed by atoms with Crippen LogP contribution in [-0.4, -0.2) is 13.3 Å². The molecule has 0 saturated heterocycles. The fraction of sp³-hybridized carbons (Fsp3) is 0.667. The Hall–Kier alpha value is -0.590. The number of hydrogen-bond acceptors (Lipinski definition) is 1. The van der Waals surface area contributed by atoms with E-state index in [-0.39, 0.29) is 5.41 Å². The van der Waals surface area contributed by atoms with Crippen molar-refractivity contribution in [1.29, 1.82) is 0 Å². The molecule has 0 N–H and O–H groups in total. The summed E-state index contributed by atoms with van der Waals surface area (Å²) in [6.07, 6.45) is 2.12. The average Bonchev–Trinajstić information content (AvgIpc) is 1.80. The van der Waals surface area contributed by atoms with E-state index in [1.807, 2.05) is 6.92 Å². The molecule has 1 heteroatoms. The van der Waals surface area contributed by atoms with Crippen LogP contribution in [0.5, 0.6) is 0 Å². The summed E-state index contributed by atoms with van der Waals surface area (Å²) >= 11 is 0. The zero-order valence-electron chi connectivity index (χ0n) is 7.44. The number of allylic oxidation sites excluding steroid dienone is 1. The number of nitrogens with zero attached hydrogens (tertiary/aromatic N) is 1. The molecule has 0 heterocycles. The number of rotatable bonds is 2. The lowest BCUT2D eigenvalue weighted by Gasteiger charge is -2.20. The van der Waals surface area contributed by atoms with E-state index in [4.69, 9.17) is 0 Å². The van der Waals surface area contributed by atoms with Crippen LogP contribution in [0.1, 0.15) is 27.7 Å². The normalized spacial score (nSPS) is 13.4. The molecular weight excluding hydrogens is 122 g/mol. The van der Waals surface area contributed by atoms with Gasteiger partial charge < -0.3 is 0 Å². The summed E-state index contributed by atoms with van der Waals surface area (Å²) in [5, 5.41) is 0. The second-order valence-electron chi connectivity index (χ2n) is 3.45. The van der Waals surface area contributed by atoms with E-state index in [2.05, 4.69) is 38.6 Å². The lowest BCUT2D eigenvalue weighted by Crippen LogP contribution is -2.11. The van der Waals surface area contributed by atoms with Gasteiger partial charge in [0.1, 0.15) is 0 Å². The van der Waals surface area contributed by atoms with Gasteiger partial charge in [-0.05, 0) is 24.6 Å². The van der Waals surface area contributed by atoms with Crippen molar-refractivity contribution in [3.05, 3.63) is 11.6 Å². The molecular formula is C9H17N. The molecule has 10 heavy (non-hydrogen) atoms. The monoisotopic (exact) mass is 139 g/mol. The highest BCUT2D eigenvalue weighted by molar-refractivity contribution is 5.26. The van der Waals surface area contributed by atoms with Gasteiger partial charge in [-0.1, -0.05) is 26.8 Å². The molecule has 1 nitrogen and oxygen atoms in total. The first-order valence-corrected chi connectivity index (χ1v) is 3.60. The third kappa shape index (κ3) is 2.81. The number of hydrogen-bond donors (Lipinski definition) is 0. The topological polar surface area (TPSA) is 12.4 Å². The highest BCUT2D eigenvalue weighted by atomic mass is 14.7. The summed E-state index contributed by atoms with van der Waals surface area (Å²) < 4.78 is 0. The second kappa shape index (κ2) is 3.55. The van der Waals surface area contributed by atoms with Crippen molar-refractivity contribution in [3.8, 4) is 0 Å².